The number of hydrogen-bond acceptors (Lipinski definition) is 2. The number of aromatic hydroxyl groups is 1. The molecule has 2 aromatic carbocycles. The van der Waals surface area contributed by atoms with Gasteiger partial charge in [0.25, 0.3) is 0 Å². The van der Waals surface area contributed by atoms with Crippen molar-refractivity contribution in [2.45, 2.75) is 6.92 Å². The maximum Gasteiger partial charge on any atom is 0.117 e. The Kier molecular flexibility index (Phi) is 3.15. The number of para-hydroxylation sites is 1. The molecule has 0 atom stereocenters. The van der Waals surface area contributed by atoms with Crippen molar-refractivity contribution < 1.29 is 5.11 Å². The van der Waals surface area contributed by atoms with E-state index < -0.39 is 0 Å². The van der Waals surface area contributed by atoms with Crippen molar-refractivity contribution in [3.63, 3.8) is 0 Å². The van der Waals surface area contributed by atoms with E-state index in [4.69, 9.17) is 0 Å². The Hall–Kier alpha value is -2.22. The van der Waals surface area contributed by atoms with E-state index in [1.54, 1.807) is 18.2 Å². The molecule has 0 amide bonds. The van der Waals surface area contributed by atoms with Crippen LogP contribution in [0.5, 0.6) is 5.75 Å². The second-order valence-corrected chi connectivity index (χ2v) is 4.00. The highest BCUT2D eigenvalue weighted by Gasteiger charge is 2.02. The number of phenolic OH excluding ortho intramolecular Hbond substituents is 1. The number of nitrogens with one attached hydrogen (secondary N) is 1. The summed E-state index contributed by atoms with van der Waals surface area (Å²) in [7, 11) is 0. The normalized spacial score (nSPS) is 9.94. The van der Waals surface area contributed by atoms with Crippen molar-refractivity contribution in [2.24, 2.45) is 0 Å². The lowest BCUT2D eigenvalue weighted by molar-refractivity contribution is 0.475. The van der Waals surface area contributed by atoms with Crippen LogP contribution < -0.4 is 5.32 Å². The van der Waals surface area contributed by atoms with Gasteiger partial charge < -0.3 is 10.4 Å². The first-order chi connectivity index (χ1) is 8.16. The Morgan fingerprint density at radius 2 is 1.88 bits per heavy atom. The van der Waals surface area contributed by atoms with Gasteiger partial charge in [0, 0.05) is 23.0 Å². The average Bonchev–Trinajstić information content (AvgIpc) is 2.29. The molecule has 17 heavy (non-hydrogen) atoms. The Morgan fingerprint density at radius 3 is 2.59 bits per heavy atom. The summed E-state index contributed by atoms with van der Waals surface area (Å²) < 4.78 is 0. The Labute approximate surface area is 101 Å². The quantitative estimate of drug-likeness (QED) is 0.821. The monoisotopic (exact) mass is 225 g/mol. The van der Waals surface area contributed by atoms with Crippen molar-refractivity contribution in [1.82, 2.24) is 0 Å². The highest BCUT2D eigenvalue weighted by Crippen LogP contribution is 2.26. The van der Waals surface area contributed by atoms with Crippen LogP contribution in [0.1, 0.15) is 12.5 Å². The van der Waals surface area contributed by atoms with Crippen LogP contribution in [-0.4, -0.2) is 5.11 Å². The first-order valence-electron chi connectivity index (χ1n) is 5.48. The lowest BCUT2D eigenvalue weighted by atomic mass is 10.1. The van der Waals surface area contributed by atoms with Gasteiger partial charge in [0.2, 0.25) is 0 Å². The minimum Gasteiger partial charge on any atom is -0.508 e. The topological polar surface area (TPSA) is 32.3 Å². The molecule has 0 aliphatic heterocycles. The van der Waals surface area contributed by atoms with Crippen LogP contribution in [0.25, 0.3) is 5.57 Å². The van der Waals surface area contributed by atoms with Crippen molar-refractivity contribution in [2.75, 3.05) is 5.32 Å². The van der Waals surface area contributed by atoms with E-state index in [-0.39, 0.29) is 5.75 Å². The van der Waals surface area contributed by atoms with Crippen LogP contribution in [0.4, 0.5) is 11.4 Å². The molecule has 2 heteroatoms. The van der Waals surface area contributed by atoms with Crippen molar-refractivity contribution in [3.05, 3.63) is 60.7 Å². The summed E-state index contributed by atoms with van der Waals surface area (Å²) in [5, 5.41) is 12.7. The van der Waals surface area contributed by atoms with E-state index in [2.05, 4.69) is 11.9 Å². The Balaban J connectivity index is 2.33. The fourth-order valence-corrected chi connectivity index (χ4v) is 1.70. The molecular weight excluding hydrogens is 210 g/mol. The van der Waals surface area contributed by atoms with Crippen LogP contribution in [-0.2, 0) is 0 Å². The summed E-state index contributed by atoms with van der Waals surface area (Å²) in [5.41, 5.74) is 3.94. The first kappa shape index (κ1) is 11.3. The van der Waals surface area contributed by atoms with Crippen LogP contribution in [0, 0.1) is 0 Å². The summed E-state index contributed by atoms with van der Waals surface area (Å²) in [6, 6.07) is 15.0. The molecule has 0 aliphatic rings. The third kappa shape index (κ3) is 2.67. The molecule has 2 nitrogen and oxygen atoms in total. The molecule has 0 heterocycles. The summed E-state index contributed by atoms with van der Waals surface area (Å²) in [6.07, 6.45) is 0. The van der Waals surface area contributed by atoms with Crippen molar-refractivity contribution >= 4 is 16.9 Å². The summed E-state index contributed by atoms with van der Waals surface area (Å²) in [4.78, 5) is 0. The standard InChI is InChI=1S/C15H15NO/c1-11(2)14-8-3-4-9-15(14)16-12-6-5-7-13(17)10-12/h3-10,16-17H,1H2,2H3. The maximum atomic E-state index is 9.41. The number of allylic oxidation sites excluding steroid dienone is 1. The fourth-order valence-electron chi connectivity index (χ4n) is 1.70. The lowest BCUT2D eigenvalue weighted by Crippen LogP contribution is -1.93. The Bertz CT molecular complexity index is 546. The van der Waals surface area contributed by atoms with E-state index in [9.17, 15) is 5.11 Å². The third-order valence-electron chi connectivity index (χ3n) is 2.51. The first-order valence-corrected chi connectivity index (χ1v) is 5.48. The van der Waals surface area contributed by atoms with Gasteiger partial charge in [0.05, 0.1) is 0 Å². The fraction of sp³-hybridized carbons (Fsp3) is 0.0667. The summed E-state index contributed by atoms with van der Waals surface area (Å²) >= 11 is 0. The van der Waals surface area contributed by atoms with Crippen molar-refractivity contribution in [1.29, 1.82) is 0 Å². The van der Waals surface area contributed by atoms with Crippen molar-refractivity contribution in [3.8, 4) is 5.75 Å². The van der Waals surface area contributed by atoms with E-state index in [1.807, 2.05) is 37.3 Å². The summed E-state index contributed by atoms with van der Waals surface area (Å²) in [5.74, 6) is 0.253. The Morgan fingerprint density at radius 1 is 1.12 bits per heavy atom. The zero-order valence-corrected chi connectivity index (χ0v) is 9.77. The van der Waals surface area contributed by atoms with Gasteiger partial charge in [-0.05, 0) is 30.7 Å². The molecule has 2 rings (SSSR count). The molecule has 2 aromatic rings. The smallest absolute Gasteiger partial charge is 0.117 e. The molecule has 0 bridgehead atoms. The minimum atomic E-state index is 0.253. The minimum absolute atomic E-state index is 0.253. The number of phenols is 1. The molecular formula is C15H15NO. The second-order valence-electron chi connectivity index (χ2n) is 4.00. The van der Waals surface area contributed by atoms with Gasteiger partial charge in [-0.1, -0.05) is 30.8 Å². The van der Waals surface area contributed by atoms with Gasteiger partial charge in [0.15, 0.2) is 0 Å². The molecule has 0 fully saturated rings. The van der Waals surface area contributed by atoms with Gasteiger partial charge in [0.1, 0.15) is 5.75 Å². The SMILES string of the molecule is C=C(C)c1ccccc1Nc1cccc(O)c1. The molecule has 0 aliphatic carbocycles. The number of rotatable bonds is 3. The molecule has 86 valence electrons. The van der Waals surface area contributed by atoms with Crippen LogP contribution in [0.3, 0.4) is 0 Å². The van der Waals surface area contributed by atoms with Crippen LogP contribution in [0.15, 0.2) is 55.1 Å². The van der Waals surface area contributed by atoms with Gasteiger partial charge >= 0.3 is 0 Å². The third-order valence-corrected chi connectivity index (χ3v) is 2.51. The highest BCUT2D eigenvalue weighted by atomic mass is 16.3. The molecule has 0 saturated carbocycles. The van der Waals surface area contributed by atoms with Crippen LogP contribution >= 0.6 is 0 Å². The lowest BCUT2D eigenvalue weighted by Gasteiger charge is -2.12. The largest absolute Gasteiger partial charge is 0.508 e. The van der Waals surface area contributed by atoms with E-state index in [0.29, 0.717) is 0 Å². The van der Waals surface area contributed by atoms with E-state index >= 15 is 0 Å². The van der Waals surface area contributed by atoms with Gasteiger partial charge in [-0.2, -0.15) is 0 Å². The predicted octanol–water partition coefficient (Wildman–Crippen LogP) is 4.17. The number of hydrogen-bond donors (Lipinski definition) is 2. The van der Waals surface area contributed by atoms with Crippen LogP contribution in [0.2, 0.25) is 0 Å². The van der Waals surface area contributed by atoms with E-state index in [0.717, 1.165) is 22.5 Å². The molecule has 0 radical (unpaired) electrons. The highest BCUT2D eigenvalue weighted by molar-refractivity contribution is 5.77. The zero-order chi connectivity index (χ0) is 12.3. The van der Waals surface area contributed by atoms with Gasteiger partial charge in [-0.15, -0.1) is 0 Å². The molecule has 2 N–H and O–H groups in total. The van der Waals surface area contributed by atoms with Gasteiger partial charge in [-0.3, -0.25) is 0 Å². The van der Waals surface area contributed by atoms with E-state index in [1.165, 1.54) is 0 Å². The molecule has 0 spiro atoms. The number of benzene rings is 2. The van der Waals surface area contributed by atoms with Gasteiger partial charge in [-0.25, -0.2) is 0 Å². The second kappa shape index (κ2) is 4.74. The maximum absolute atomic E-state index is 9.41. The summed E-state index contributed by atoms with van der Waals surface area (Å²) in [6.45, 7) is 5.93. The molecule has 0 aromatic heterocycles. The molecule has 0 unspecified atom stereocenters. The molecule has 0 saturated heterocycles. The zero-order valence-electron chi connectivity index (χ0n) is 9.77. The predicted molar refractivity (Wildman–Crippen MR) is 72.5 cm³/mol. The number of anilines is 2. The average molecular weight is 225 g/mol.